The number of carboxylic acids is 1. The summed E-state index contributed by atoms with van der Waals surface area (Å²) in [5.74, 6) is -1.15. The zero-order valence-corrected chi connectivity index (χ0v) is 11.9. The second-order valence-electron chi connectivity index (χ2n) is 5.45. The van der Waals surface area contributed by atoms with Gasteiger partial charge in [0.05, 0.1) is 5.92 Å². The van der Waals surface area contributed by atoms with Crippen molar-refractivity contribution in [2.45, 2.75) is 37.8 Å². The van der Waals surface area contributed by atoms with Crippen molar-refractivity contribution in [3.05, 3.63) is 22.4 Å². The van der Waals surface area contributed by atoms with E-state index >= 15 is 0 Å². The van der Waals surface area contributed by atoms with Crippen molar-refractivity contribution in [2.24, 2.45) is 5.92 Å². The highest BCUT2D eigenvalue weighted by Gasteiger charge is 2.51. The number of thiophene rings is 1. The lowest BCUT2D eigenvalue weighted by Crippen LogP contribution is -2.44. The van der Waals surface area contributed by atoms with Gasteiger partial charge in [0.15, 0.2) is 0 Å². The number of hydrogen-bond acceptors (Lipinski definition) is 3. The molecule has 1 aromatic rings. The van der Waals surface area contributed by atoms with Crippen LogP contribution in [0.2, 0.25) is 0 Å². The zero-order valence-electron chi connectivity index (χ0n) is 11.1. The van der Waals surface area contributed by atoms with Crippen LogP contribution in [-0.2, 0) is 11.2 Å². The van der Waals surface area contributed by atoms with Gasteiger partial charge in [-0.15, -0.1) is 11.3 Å². The number of urea groups is 1. The number of rotatable bonds is 4. The van der Waals surface area contributed by atoms with Crippen LogP contribution in [0.4, 0.5) is 4.79 Å². The lowest BCUT2D eigenvalue weighted by molar-refractivity contribution is -0.142. The van der Waals surface area contributed by atoms with E-state index in [1.807, 2.05) is 11.4 Å². The van der Waals surface area contributed by atoms with Gasteiger partial charge in [-0.1, -0.05) is 6.07 Å². The maximum absolute atomic E-state index is 12.2. The van der Waals surface area contributed by atoms with Crippen LogP contribution >= 0.6 is 11.3 Å². The first-order valence-corrected chi connectivity index (χ1v) is 7.86. The highest BCUT2D eigenvalue weighted by atomic mass is 32.1. The first-order chi connectivity index (χ1) is 9.66. The molecule has 2 amide bonds. The lowest BCUT2D eigenvalue weighted by atomic mass is 9.89. The van der Waals surface area contributed by atoms with Crippen LogP contribution in [-0.4, -0.2) is 40.6 Å². The molecule has 3 atom stereocenters. The Morgan fingerprint density at radius 3 is 2.95 bits per heavy atom. The van der Waals surface area contributed by atoms with Crippen molar-refractivity contribution < 1.29 is 14.7 Å². The van der Waals surface area contributed by atoms with Gasteiger partial charge in [-0.25, -0.2) is 4.79 Å². The van der Waals surface area contributed by atoms with Crippen LogP contribution in [0.5, 0.6) is 0 Å². The van der Waals surface area contributed by atoms with Crippen LogP contribution < -0.4 is 5.32 Å². The Labute approximate surface area is 121 Å². The van der Waals surface area contributed by atoms with Crippen LogP contribution in [0.1, 0.15) is 24.1 Å². The largest absolute Gasteiger partial charge is 0.481 e. The highest BCUT2D eigenvalue weighted by molar-refractivity contribution is 7.09. The third-order valence-electron chi connectivity index (χ3n) is 4.32. The molecule has 0 saturated carbocycles. The molecule has 2 saturated heterocycles. The van der Waals surface area contributed by atoms with Gasteiger partial charge in [-0.05, 0) is 37.1 Å². The van der Waals surface area contributed by atoms with Crippen molar-refractivity contribution in [3.8, 4) is 0 Å². The molecule has 2 aliphatic rings. The molecule has 0 aliphatic carbocycles. The van der Waals surface area contributed by atoms with E-state index in [0.717, 1.165) is 19.3 Å². The van der Waals surface area contributed by atoms with Crippen molar-refractivity contribution in [1.82, 2.24) is 10.2 Å². The van der Waals surface area contributed by atoms with Gasteiger partial charge in [-0.2, -0.15) is 0 Å². The molecule has 1 aromatic heterocycles. The average Bonchev–Trinajstić information content (AvgIpc) is 3.13. The Bertz CT molecular complexity index is 503. The standard InChI is InChI=1S/C14H18N2O3S/c17-13(18)11-8-9-3-4-12(11)16(9)14(19)15-6-5-10-2-1-7-20-10/h1-2,7,9,11-12H,3-6,8H2,(H,15,19)(H,17,18). The van der Waals surface area contributed by atoms with E-state index in [-0.39, 0.29) is 24.0 Å². The van der Waals surface area contributed by atoms with Crippen LogP contribution in [0, 0.1) is 5.92 Å². The van der Waals surface area contributed by atoms with Gasteiger partial charge >= 0.3 is 12.0 Å². The van der Waals surface area contributed by atoms with E-state index in [4.69, 9.17) is 0 Å². The van der Waals surface area contributed by atoms with Crippen molar-refractivity contribution >= 4 is 23.3 Å². The summed E-state index contributed by atoms with van der Waals surface area (Å²) in [5, 5.41) is 14.1. The molecular formula is C14H18N2O3S. The summed E-state index contributed by atoms with van der Waals surface area (Å²) in [6.07, 6.45) is 3.19. The zero-order chi connectivity index (χ0) is 14.1. The molecule has 108 valence electrons. The number of hydrogen-bond donors (Lipinski definition) is 2. The first-order valence-electron chi connectivity index (χ1n) is 6.98. The van der Waals surface area contributed by atoms with Gasteiger partial charge in [-0.3, -0.25) is 4.79 Å². The summed E-state index contributed by atoms with van der Waals surface area (Å²) in [4.78, 5) is 26.4. The summed E-state index contributed by atoms with van der Waals surface area (Å²) in [6.45, 7) is 0.604. The van der Waals surface area contributed by atoms with Gasteiger partial charge in [0.2, 0.25) is 0 Å². The fourth-order valence-corrected chi connectivity index (χ4v) is 4.12. The minimum absolute atomic E-state index is 0.0993. The summed E-state index contributed by atoms with van der Waals surface area (Å²) in [7, 11) is 0. The van der Waals surface area contributed by atoms with Crippen molar-refractivity contribution in [2.75, 3.05) is 6.54 Å². The van der Waals surface area contributed by atoms with E-state index in [1.54, 1.807) is 16.2 Å². The number of nitrogens with zero attached hydrogens (tertiary/aromatic N) is 1. The number of fused-ring (bicyclic) bond motifs is 2. The average molecular weight is 294 g/mol. The van der Waals surface area contributed by atoms with Gasteiger partial charge in [0, 0.05) is 23.5 Å². The Morgan fingerprint density at radius 1 is 1.45 bits per heavy atom. The molecule has 0 aromatic carbocycles. The van der Waals surface area contributed by atoms with E-state index in [0.29, 0.717) is 13.0 Å². The number of carboxylic acid groups (broad SMARTS) is 1. The lowest BCUT2D eigenvalue weighted by Gasteiger charge is -2.23. The maximum atomic E-state index is 12.2. The molecule has 3 unspecified atom stereocenters. The smallest absolute Gasteiger partial charge is 0.317 e. The third kappa shape index (κ3) is 2.40. The molecule has 0 radical (unpaired) electrons. The number of amides is 2. The second-order valence-corrected chi connectivity index (χ2v) is 6.48. The Kier molecular flexibility index (Phi) is 3.65. The first kappa shape index (κ1) is 13.4. The van der Waals surface area contributed by atoms with Crippen molar-refractivity contribution in [3.63, 3.8) is 0 Å². The van der Waals surface area contributed by atoms with Crippen LogP contribution in [0.3, 0.4) is 0 Å². The topological polar surface area (TPSA) is 69.6 Å². The minimum atomic E-state index is -0.770. The number of carbonyl (C=O) groups is 2. The molecule has 2 aliphatic heterocycles. The fourth-order valence-electron chi connectivity index (χ4n) is 3.41. The maximum Gasteiger partial charge on any atom is 0.317 e. The second kappa shape index (κ2) is 5.44. The minimum Gasteiger partial charge on any atom is -0.481 e. The summed E-state index contributed by atoms with van der Waals surface area (Å²) in [5.41, 5.74) is 0. The number of carbonyl (C=O) groups excluding carboxylic acids is 1. The fraction of sp³-hybridized carbons (Fsp3) is 0.571. The van der Waals surface area contributed by atoms with Gasteiger partial charge in [0.1, 0.15) is 0 Å². The van der Waals surface area contributed by atoms with E-state index in [2.05, 4.69) is 11.4 Å². The summed E-state index contributed by atoms with van der Waals surface area (Å²) < 4.78 is 0. The third-order valence-corrected chi connectivity index (χ3v) is 5.25. The predicted octanol–water partition coefficient (Wildman–Crippen LogP) is 1.94. The molecule has 3 rings (SSSR count). The van der Waals surface area contributed by atoms with E-state index in [1.165, 1.54) is 4.88 Å². The molecule has 0 spiro atoms. The molecule has 2 bridgehead atoms. The SMILES string of the molecule is O=C(O)C1CC2CCC1N2C(=O)NCCc1cccs1. The molecular weight excluding hydrogens is 276 g/mol. The quantitative estimate of drug-likeness (QED) is 0.891. The normalized spacial score (nSPS) is 27.8. The number of nitrogens with one attached hydrogen (secondary N) is 1. The molecule has 5 nitrogen and oxygen atoms in total. The van der Waals surface area contributed by atoms with Crippen LogP contribution in [0.15, 0.2) is 17.5 Å². The molecule has 3 heterocycles. The number of aliphatic carboxylic acids is 1. The predicted molar refractivity (Wildman–Crippen MR) is 75.8 cm³/mol. The summed E-state index contributed by atoms with van der Waals surface area (Å²) >= 11 is 1.68. The Balaban J connectivity index is 1.54. The van der Waals surface area contributed by atoms with E-state index < -0.39 is 5.97 Å². The summed E-state index contributed by atoms with van der Waals surface area (Å²) in [6, 6.07) is 3.96. The monoisotopic (exact) mass is 294 g/mol. The highest BCUT2D eigenvalue weighted by Crippen LogP contribution is 2.41. The van der Waals surface area contributed by atoms with Crippen molar-refractivity contribution in [1.29, 1.82) is 0 Å². The Hall–Kier alpha value is -1.56. The molecule has 20 heavy (non-hydrogen) atoms. The van der Waals surface area contributed by atoms with E-state index in [9.17, 15) is 14.7 Å². The molecule has 6 heteroatoms. The molecule has 2 fully saturated rings. The molecule has 2 N–H and O–H groups in total. The van der Waals surface area contributed by atoms with Crippen LogP contribution in [0.25, 0.3) is 0 Å². The Morgan fingerprint density at radius 2 is 2.30 bits per heavy atom. The van der Waals surface area contributed by atoms with Gasteiger partial charge in [0.25, 0.3) is 0 Å². The van der Waals surface area contributed by atoms with Gasteiger partial charge < -0.3 is 15.3 Å².